The van der Waals surface area contributed by atoms with E-state index in [9.17, 15) is 0 Å². The molecule has 0 aliphatic rings. The highest BCUT2D eigenvalue weighted by atomic mass is 14.9. The maximum Gasteiger partial charge on any atom is 0.171 e. The zero-order valence-electron chi connectivity index (χ0n) is 14.8. The number of hydrogen-bond donors (Lipinski definition) is 0. The van der Waals surface area contributed by atoms with Crippen LogP contribution in [0.15, 0.2) is 49.1 Å². The van der Waals surface area contributed by atoms with E-state index in [-0.39, 0.29) is 0 Å². The average molecular weight is 300 g/mol. The fourth-order valence-corrected chi connectivity index (χ4v) is 2.27. The van der Waals surface area contributed by atoms with Crippen molar-refractivity contribution in [2.24, 2.45) is 0 Å². The Morgan fingerprint density at radius 1 is 0.727 bits per heavy atom. The molecule has 0 amide bonds. The topological polar surface area (TPSA) is 7.76 Å². The SMILES string of the molecule is CCCC[n+]1cccc(C)c1.CCCC[n+]1cccc(C)c1. The molecule has 0 saturated heterocycles. The lowest BCUT2D eigenvalue weighted by Gasteiger charge is -1.94. The summed E-state index contributed by atoms with van der Waals surface area (Å²) in [6, 6.07) is 8.46. The third kappa shape index (κ3) is 7.92. The lowest BCUT2D eigenvalue weighted by molar-refractivity contribution is -0.697. The Labute approximate surface area is 136 Å². The smallest absolute Gasteiger partial charge is 0.171 e. The van der Waals surface area contributed by atoms with Gasteiger partial charge in [0.05, 0.1) is 0 Å². The van der Waals surface area contributed by atoms with E-state index in [2.05, 4.69) is 85.9 Å². The fourth-order valence-electron chi connectivity index (χ4n) is 2.27. The minimum absolute atomic E-state index is 1.15. The van der Waals surface area contributed by atoms with Gasteiger partial charge in [-0.25, -0.2) is 9.13 Å². The van der Waals surface area contributed by atoms with Crippen LogP contribution < -0.4 is 9.13 Å². The molecule has 0 atom stereocenters. The van der Waals surface area contributed by atoms with E-state index >= 15 is 0 Å². The molecule has 0 aromatic carbocycles. The van der Waals surface area contributed by atoms with Crippen molar-refractivity contribution in [3.8, 4) is 0 Å². The van der Waals surface area contributed by atoms with E-state index < -0.39 is 0 Å². The standard InChI is InChI=1S/2C10H16N/c2*1-3-4-7-11-8-5-6-10(2)9-11/h2*5-6,8-9H,3-4,7H2,1-2H3/q2*+1. The first-order valence-electron chi connectivity index (χ1n) is 8.57. The molecule has 0 aliphatic heterocycles. The van der Waals surface area contributed by atoms with Gasteiger partial charge in [-0.3, -0.25) is 0 Å². The van der Waals surface area contributed by atoms with Crippen molar-refractivity contribution in [2.75, 3.05) is 0 Å². The van der Waals surface area contributed by atoms with Crippen molar-refractivity contribution in [1.29, 1.82) is 0 Å². The monoisotopic (exact) mass is 300 g/mol. The van der Waals surface area contributed by atoms with Crippen LogP contribution in [0.3, 0.4) is 0 Å². The fraction of sp³-hybridized carbons (Fsp3) is 0.500. The highest BCUT2D eigenvalue weighted by molar-refractivity contribution is 5.01. The van der Waals surface area contributed by atoms with Gasteiger partial charge in [0.2, 0.25) is 0 Å². The van der Waals surface area contributed by atoms with Crippen LogP contribution >= 0.6 is 0 Å². The molecular formula is C20H32N2+2. The molecule has 2 nitrogen and oxygen atoms in total. The molecule has 0 radical (unpaired) electrons. The molecule has 2 heterocycles. The summed E-state index contributed by atoms with van der Waals surface area (Å²) in [5, 5.41) is 0. The number of rotatable bonds is 6. The molecule has 2 aromatic heterocycles. The van der Waals surface area contributed by atoms with Crippen molar-refractivity contribution in [3.05, 3.63) is 60.2 Å². The largest absolute Gasteiger partial charge is 0.205 e. The molecule has 22 heavy (non-hydrogen) atoms. The van der Waals surface area contributed by atoms with E-state index in [0.29, 0.717) is 0 Å². The molecule has 0 N–H and O–H groups in total. The number of hydrogen-bond acceptors (Lipinski definition) is 0. The minimum Gasteiger partial charge on any atom is -0.205 e. The Morgan fingerprint density at radius 2 is 1.14 bits per heavy atom. The number of unbranched alkanes of at least 4 members (excludes halogenated alkanes) is 2. The Kier molecular flexibility index (Phi) is 9.13. The van der Waals surface area contributed by atoms with Crippen molar-refractivity contribution >= 4 is 0 Å². The van der Waals surface area contributed by atoms with Gasteiger partial charge in [0.25, 0.3) is 0 Å². The molecule has 120 valence electrons. The maximum absolute atomic E-state index is 2.25. The third-order valence-corrected chi connectivity index (χ3v) is 3.55. The van der Waals surface area contributed by atoms with E-state index in [1.807, 2.05) is 0 Å². The van der Waals surface area contributed by atoms with Crippen molar-refractivity contribution in [1.82, 2.24) is 0 Å². The summed E-state index contributed by atoms with van der Waals surface area (Å²) < 4.78 is 4.50. The Balaban J connectivity index is 0.000000220. The zero-order chi connectivity index (χ0) is 16.2. The van der Waals surface area contributed by atoms with Gasteiger partial charge in [-0.15, -0.1) is 0 Å². The summed E-state index contributed by atoms with van der Waals surface area (Å²) in [5.74, 6) is 0. The van der Waals surface area contributed by atoms with Gasteiger partial charge in [-0.2, -0.15) is 0 Å². The second-order valence-corrected chi connectivity index (χ2v) is 5.95. The molecule has 0 unspecified atom stereocenters. The van der Waals surface area contributed by atoms with E-state index in [0.717, 1.165) is 13.1 Å². The highest BCUT2D eigenvalue weighted by Crippen LogP contribution is 1.92. The van der Waals surface area contributed by atoms with Crippen molar-refractivity contribution < 1.29 is 9.13 Å². The van der Waals surface area contributed by atoms with Crippen molar-refractivity contribution in [2.45, 2.75) is 66.5 Å². The van der Waals surface area contributed by atoms with Crippen LogP contribution in [0, 0.1) is 13.8 Å². The minimum atomic E-state index is 1.15. The van der Waals surface area contributed by atoms with Gasteiger partial charge in [0.1, 0.15) is 13.1 Å². The molecule has 0 bridgehead atoms. The second-order valence-electron chi connectivity index (χ2n) is 5.95. The molecule has 0 spiro atoms. The van der Waals surface area contributed by atoms with Gasteiger partial charge in [-0.05, 0) is 26.0 Å². The number of nitrogens with zero attached hydrogens (tertiary/aromatic N) is 2. The van der Waals surface area contributed by atoms with Gasteiger partial charge < -0.3 is 0 Å². The summed E-state index contributed by atoms with van der Waals surface area (Å²) in [6.07, 6.45) is 13.7. The molecular weight excluding hydrogens is 268 g/mol. The molecule has 0 fully saturated rings. The molecule has 2 rings (SSSR count). The van der Waals surface area contributed by atoms with Crippen LogP contribution in [0.1, 0.15) is 50.7 Å². The van der Waals surface area contributed by atoms with Gasteiger partial charge in [0.15, 0.2) is 24.8 Å². The van der Waals surface area contributed by atoms with Gasteiger partial charge >= 0.3 is 0 Å². The van der Waals surface area contributed by atoms with Crippen LogP contribution in [0.5, 0.6) is 0 Å². The lowest BCUT2D eigenvalue weighted by Crippen LogP contribution is -2.32. The Bertz CT molecular complexity index is 485. The molecule has 0 saturated carbocycles. The predicted molar refractivity (Wildman–Crippen MR) is 92.6 cm³/mol. The number of pyridine rings is 2. The molecule has 2 aromatic rings. The van der Waals surface area contributed by atoms with Crippen molar-refractivity contribution in [3.63, 3.8) is 0 Å². The third-order valence-electron chi connectivity index (χ3n) is 3.55. The number of aromatic nitrogens is 2. The summed E-state index contributed by atoms with van der Waals surface area (Å²) >= 11 is 0. The lowest BCUT2D eigenvalue weighted by atomic mass is 10.3. The summed E-state index contributed by atoms with van der Waals surface area (Å²) in [6.45, 7) is 11.0. The molecule has 0 aliphatic carbocycles. The van der Waals surface area contributed by atoms with E-state index in [1.165, 1.54) is 36.8 Å². The normalized spacial score (nSPS) is 10.0. The predicted octanol–water partition coefficient (Wildman–Crippen LogP) is 4.17. The van der Waals surface area contributed by atoms with Gasteiger partial charge in [-0.1, -0.05) is 26.7 Å². The van der Waals surface area contributed by atoms with E-state index in [4.69, 9.17) is 0 Å². The van der Waals surface area contributed by atoms with Crippen LogP contribution in [0.2, 0.25) is 0 Å². The molecule has 2 heteroatoms. The summed E-state index contributed by atoms with van der Waals surface area (Å²) in [7, 11) is 0. The van der Waals surface area contributed by atoms with Crippen LogP contribution in [-0.4, -0.2) is 0 Å². The van der Waals surface area contributed by atoms with Crippen LogP contribution in [0.25, 0.3) is 0 Å². The quantitative estimate of drug-likeness (QED) is 0.708. The van der Waals surface area contributed by atoms with Gasteiger partial charge in [0, 0.05) is 36.1 Å². The Hall–Kier alpha value is -1.70. The zero-order valence-corrected chi connectivity index (χ0v) is 14.8. The summed E-state index contributed by atoms with van der Waals surface area (Å²) in [5.41, 5.74) is 2.67. The Morgan fingerprint density at radius 3 is 1.45 bits per heavy atom. The maximum atomic E-state index is 2.25. The first-order valence-corrected chi connectivity index (χ1v) is 8.57. The van der Waals surface area contributed by atoms with Crippen LogP contribution in [0.4, 0.5) is 0 Å². The first-order chi connectivity index (χ1) is 10.7. The van der Waals surface area contributed by atoms with Crippen LogP contribution in [-0.2, 0) is 13.1 Å². The highest BCUT2D eigenvalue weighted by Gasteiger charge is 1.97. The average Bonchev–Trinajstić information content (AvgIpc) is 2.52. The van der Waals surface area contributed by atoms with E-state index in [1.54, 1.807) is 0 Å². The first kappa shape index (κ1) is 18.3. The second kappa shape index (κ2) is 10.9. The summed E-state index contributed by atoms with van der Waals surface area (Å²) in [4.78, 5) is 0. The number of aryl methyl sites for hydroxylation is 4.